The van der Waals surface area contributed by atoms with E-state index in [9.17, 15) is 17.6 Å². The van der Waals surface area contributed by atoms with Crippen LogP contribution in [-0.4, -0.2) is 56.8 Å². The molecule has 1 aliphatic heterocycles. The van der Waals surface area contributed by atoms with Gasteiger partial charge in [-0.3, -0.25) is 4.79 Å². The Morgan fingerprint density at radius 1 is 1.07 bits per heavy atom. The summed E-state index contributed by atoms with van der Waals surface area (Å²) in [5.41, 5.74) is 0.0879. The molecular formula is C18H19ClFN3O3S. The van der Waals surface area contributed by atoms with E-state index < -0.39 is 21.7 Å². The highest BCUT2D eigenvalue weighted by molar-refractivity contribution is 7.89. The zero-order chi connectivity index (χ0) is 19.6. The van der Waals surface area contributed by atoms with Crippen LogP contribution in [0.25, 0.3) is 0 Å². The van der Waals surface area contributed by atoms with Crippen LogP contribution in [0.2, 0.25) is 5.02 Å². The van der Waals surface area contributed by atoms with E-state index in [2.05, 4.69) is 10.2 Å². The first-order valence-corrected chi connectivity index (χ1v) is 10.1. The van der Waals surface area contributed by atoms with Crippen molar-refractivity contribution in [1.29, 1.82) is 0 Å². The van der Waals surface area contributed by atoms with Gasteiger partial charge in [0.25, 0.3) is 5.91 Å². The number of nitrogens with zero attached hydrogens (tertiary/aromatic N) is 2. The Hall–Kier alpha value is -2.00. The molecule has 1 amide bonds. The number of sulfonamides is 1. The van der Waals surface area contributed by atoms with Crippen LogP contribution in [-0.2, 0) is 10.0 Å². The van der Waals surface area contributed by atoms with E-state index in [0.29, 0.717) is 31.9 Å². The van der Waals surface area contributed by atoms with Gasteiger partial charge in [0.2, 0.25) is 10.0 Å². The molecule has 0 bridgehead atoms. The monoisotopic (exact) mass is 411 g/mol. The van der Waals surface area contributed by atoms with E-state index in [-0.39, 0.29) is 15.5 Å². The molecule has 1 heterocycles. The van der Waals surface area contributed by atoms with Gasteiger partial charge in [-0.25, -0.2) is 12.8 Å². The quantitative estimate of drug-likeness (QED) is 0.839. The number of nitrogens with one attached hydrogen (secondary N) is 1. The van der Waals surface area contributed by atoms with E-state index in [4.69, 9.17) is 11.6 Å². The molecule has 144 valence electrons. The predicted octanol–water partition coefficient (Wildman–Crippen LogP) is 2.67. The summed E-state index contributed by atoms with van der Waals surface area (Å²) in [6.45, 7) is 2.22. The molecule has 0 unspecified atom stereocenters. The predicted molar refractivity (Wildman–Crippen MR) is 102 cm³/mol. The third-order valence-corrected chi connectivity index (χ3v) is 6.63. The molecule has 0 aliphatic carbocycles. The number of piperazine rings is 1. The van der Waals surface area contributed by atoms with Crippen LogP contribution in [0.3, 0.4) is 0 Å². The zero-order valence-electron chi connectivity index (χ0n) is 14.7. The number of likely N-dealkylation sites (N-methyl/N-ethyl adjacent to an activating group) is 1. The van der Waals surface area contributed by atoms with Crippen molar-refractivity contribution < 1.29 is 17.6 Å². The summed E-state index contributed by atoms with van der Waals surface area (Å²) in [5.74, 6) is -1.43. The van der Waals surface area contributed by atoms with Crippen molar-refractivity contribution in [3.8, 4) is 0 Å². The SMILES string of the molecule is CN1CCN(S(=O)(=O)c2ccc(NC(=O)c3c(F)cccc3Cl)cc2)CC1. The molecule has 0 atom stereocenters. The summed E-state index contributed by atoms with van der Waals surface area (Å²) >= 11 is 5.88. The summed E-state index contributed by atoms with van der Waals surface area (Å²) in [6.07, 6.45) is 0. The van der Waals surface area contributed by atoms with Crippen molar-refractivity contribution in [2.75, 3.05) is 38.5 Å². The van der Waals surface area contributed by atoms with Gasteiger partial charge >= 0.3 is 0 Å². The van der Waals surface area contributed by atoms with Crippen LogP contribution >= 0.6 is 11.6 Å². The van der Waals surface area contributed by atoms with Crippen molar-refractivity contribution in [3.05, 3.63) is 58.9 Å². The van der Waals surface area contributed by atoms with Gasteiger partial charge in [0.15, 0.2) is 0 Å². The van der Waals surface area contributed by atoms with Gasteiger partial charge in [-0.05, 0) is 43.4 Å². The van der Waals surface area contributed by atoms with Gasteiger partial charge in [-0.15, -0.1) is 0 Å². The molecule has 3 rings (SSSR count). The molecule has 9 heteroatoms. The number of hydrogen-bond acceptors (Lipinski definition) is 4. The van der Waals surface area contributed by atoms with Gasteiger partial charge in [0, 0.05) is 31.9 Å². The summed E-state index contributed by atoms with van der Waals surface area (Å²) in [7, 11) is -1.64. The molecule has 1 N–H and O–H groups in total. The Balaban J connectivity index is 1.75. The second-order valence-electron chi connectivity index (χ2n) is 6.28. The van der Waals surface area contributed by atoms with Crippen LogP contribution in [0.15, 0.2) is 47.4 Å². The molecule has 2 aromatic carbocycles. The average molecular weight is 412 g/mol. The second kappa shape index (κ2) is 7.93. The van der Waals surface area contributed by atoms with Gasteiger partial charge in [0.05, 0.1) is 15.5 Å². The smallest absolute Gasteiger partial charge is 0.260 e. The summed E-state index contributed by atoms with van der Waals surface area (Å²) in [4.78, 5) is 14.5. The van der Waals surface area contributed by atoms with Crippen LogP contribution in [0, 0.1) is 5.82 Å². The fourth-order valence-corrected chi connectivity index (χ4v) is 4.47. The molecular weight excluding hydrogens is 393 g/mol. The topological polar surface area (TPSA) is 69.7 Å². The summed E-state index contributed by atoms with van der Waals surface area (Å²) in [6, 6.07) is 9.76. The Bertz CT molecular complexity index is 923. The molecule has 0 spiro atoms. The first-order chi connectivity index (χ1) is 12.8. The Morgan fingerprint density at radius 3 is 2.30 bits per heavy atom. The number of hydrogen-bond donors (Lipinski definition) is 1. The standard InChI is InChI=1S/C18H19ClFN3O3S/c1-22-9-11-23(12-10-22)27(25,26)14-7-5-13(6-8-14)21-18(24)17-15(19)3-2-4-16(17)20/h2-8H,9-12H2,1H3,(H,21,24). The lowest BCUT2D eigenvalue weighted by Crippen LogP contribution is -2.46. The Labute approximate surface area is 162 Å². The largest absolute Gasteiger partial charge is 0.322 e. The minimum Gasteiger partial charge on any atom is -0.322 e. The van der Waals surface area contributed by atoms with Crippen LogP contribution in [0.1, 0.15) is 10.4 Å². The fraction of sp³-hybridized carbons (Fsp3) is 0.278. The first-order valence-electron chi connectivity index (χ1n) is 8.33. The number of carbonyl (C=O) groups is 1. The lowest BCUT2D eigenvalue weighted by Gasteiger charge is -2.31. The van der Waals surface area contributed by atoms with Crippen molar-refractivity contribution in [2.45, 2.75) is 4.90 Å². The number of halogens is 2. The highest BCUT2D eigenvalue weighted by Crippen LogP contribution is 2.22. The lowest BCUT2D eigenvalue weighted by molar-refractivity contribution is 0.102. The van der Waals surface area contributed by atoms with E-state index in [0.717, 1.165) is 6.07 Å². The van der Waals surface area contributed by atoms with E-state index in [1.54, 1.807) is 0 Å². The Kier molecular flexibility index (Phi) is 5.81. The van der Waals surface area contributed by atoms with E-state index in [1.165, 1.54) is 40.7 Å². The van der Waals surface area contributed by atoms with Crippen LogP contribution in [0.5, 0.6) is 0 Å². The van der Waals surface area contributed by atoms with Gasteiger partial charge in [0.1, 0.15) is 5.82 Å². The van der Waals surface area contributed by atoms with Crippen LogP contribution < -0.4 is 5.32 Å². The molecule has 0 aromatic heterocycles. The van der Waals surface area contributed by atoms with Crippen molar-refractivity contribution >= 4 is 33.2 Å². The van der Waals surface area contributed by atoms with Gasteiger partial charge < -0.3 is 10.2 Å². The maximum absolute atomic E-state index is 13.8. The maximum atomic E-state index is 13.8. The normalized spacial score (nSPS) is 16.3. The number of amides is 1. The number of anilines is 1. The second-order valence-corrected chi connectivity index (χ2v) is 8.63. The average Bonchev–Trinajstić information content (AvgIpc) is 2.62. The Morgan fingerprint density at radius 2 is 1.70 bits per heavy atom. The number of rotatable bonds is 4. The lowest BCUT2D eigenvalue weighted by atomic mass is 10.2. The van der Waals surface area contributed by atoms with Crippen LogP contribution in [0.4, 0.5) is 10.1 Å². The van der Waals surface area contributed by atoms with Crippen molar-refractivity contribution in [3.63, 3.8) is 0 Å². The highest BCUT2D eigenvalue weighted by Gasteiger charge is 2.27. The number of carbonyl (C=O) groups excluding carboxylic acids is 1. The first kappa shape index (κ1) is 19.8. The third-order valence-electron chi connectivity index (χ3n) is 4.40. The molecule has 6 nitrogen and oxygen atoms in total. The minimum absolute atomic E-state index is 0.00163. The molecule has 1 fully saturated rings. The molecule has 2 aromatic rings. The molecule has 1 aliphatic rings. The minimum atomic E-state index is -3.58. The number of benzene rings is 2. The molecule has 0 radical (unpaired) electrons. The van der Waals surface area contributed by atoms with E-state index in [1.807, 2.05) is 7.05 Å². The summed E-state index contributed by atoms with van der Waals surface area (Å²) in [5, 5.41) is 2.53. The van der Waals surface area contributed by atoms with E-state index >= 15 is 0 Å². The fourth-order valence-electron chi connectivity index (χ4n) is 2.80. The third kappa shape index (κ3) is 4.30. The van der Waals surface area contributed by atoms with Crippen molar-refractivity contribution in [1.82, 2.24) is 9.21 Å². The molecule has 1 saturated heterocycles. The zero-order valence-corrected chi connectivity index (χ0v) is 16.2. The highest BCUT2D eigenvalue weighted by atomic mass is 35.5. The maximum Gasteiger partial charge on any atom is 0.260 e. The van der Waals surface area contributed by atoms with Crippen molar-refractivity contribution in [2.24, 2.45) is 0 Å². The molecule has 27 heavy (non-hydrogen) atoms. The summed E-state index contributed by atoms with van der Waals surface area (Å²) < 4.78 is 40.7. The van der Waals surface area contributed by atoms with Gasteiger partial charge in [-0.2, -0.15) is 4.31 Å². The molecule has 0 saturated carbocycles. The van der Waals surface area contributed by atoms with Gasteiger partial charge in [-0.1, -0.05) is 17.7 Å².